The third-order valence-electron chi connectivity index (χ3n) is 6.08. The van der Waals surface area contributed by atoms with Gasteiger partial charge in [0.2, 0.25) is 0 Å². The Morgan fingerprint density at radius 3 is 2.62 bits per heavy atom. The molecule has 1 amide bonds. The Labute approximate surface area is 159 Å². The van der Waals surface area contributed by atoms with E-state index in [0.717, 1.165) is 36.8 Å². The second kappa shape index (κ2) is 7.05. The maximum Gasteiger partial charge on any atom is 0.254 e. The molecule has 0 radical (unpaired) electrons. The van der Waals surface area contributed by atoms with Gasteiger partial charge < -0.3 is 10.0 Å². The van der Waals surface area contributed by atoms with E-state index in [4.69, 9.17) is 11.6 Å². The van der Waals surface area contributed by atoms with Gasteiger partial charge in [0.1, 0.15) is 0 Å². The fourth-order valence-corrected chi connectivity index (χ4v) is 4.99. The first kappa shape index (κ1) is 17.6. The Hall–Kier alpha value is -1.84. The lowest BCUT2D eigenvalue weighted by atomic mass is 9.66. The molecule has 26 heavy (non-hydrogen) atoms. The van der Waals surface area contributed by atoms with Crippen molar-refractivity contribution in [1.29, 1.82) is 0 Å². The number of carbonyl (C=O) groups is 1. The third-order valence-corrected chi connectivity index (χ3v) is 6.32. The zero-order chi connectivity index (χ0) is 18.1. The highest BCUT2D eigenvalue weighted by atomic mass is 35.5. The highest BCUT2D eigenvalue weighted by Crippen LogP contribution is 2.47. The predicted octanol–water partition coefficient (Wildman–Crippen LogP) is 4.63. The Morgan fingerprint density at radius 1 is 1.08 bits per heavy atom. The molecule has 0 spiro atoms. The van der Waals surface area contributed by atoms with E-state index in [9.17, 15) is 9.90 Å². The van der Waals surface area contributed by atoms with Gasteiger partial charge in [-0.3, -0.25) is 4.79 Å². The minimum absolute atomic E-state index is 0.0520. The number of fused-ring (bicyclic) bond motifs is 1. The number of piperidine rings is 1. The molecule has 1 aliphatic carbocycles. The molecule has 0 aromatic heterocycles. The summed E-state index contributed by atoms with van der Waals surface area (Å²) in [4.78, 5) is 15.1. The van der Waals surface area contributed by atoms with Crippen molar-refractivity contribution in [3.05, 3.63) is 70.7 Å². The molecule has 4 heteroatoms. The van der Waals surface area contributed by atoms with E-state index in [2.05, 4.69) is 0 Å². The van der Waals surface area contributed by atoms with Crippen molar-refractivity contribution in [2.24, 2.45) is 5.92 Å². The van der Waals surface area contributed by atoms with Crippen LogP contribution in [0.2, 0.25) is 5.02 Å². The van der Waals surface area contributed by atoms with Crippen LogP contribution >= 0.6 is 11.6 Å². The minimum atomic E-state index is -0.913. The molecule has 2 aromatic rings. The van der Waals surface area contributed by atoms with Crippen LogP contribution in [0.25, 0.3) is 0 Å². The van der Waals surface area contributed by atoms with Gasteiger partial charge in [-0.15, -0.1) is 0 Å². The second-order valence-corrected chi connectivity index (χ2v) is 7.94. The Morgan fingerprint density at radius 2 is 1.85 bits per heavy atom. The van der Waals surface area contributed by atoms with Crippen LogP contribution in [0, 0.1) is 5.92 Å². The van der Waals surface area contributed by atoms with Crippen LogP contribution in [0.3, 0.4) is 0 Å². The molecule has 1 unspecified atom stereocenters. The summed E-state index contributed by atoms with van der Waals surface area (Å²) in [6, 6.07) is 17.1. The molecular weight excluding hydrogens is 346 g/mol. The standard InChI is InChI=1S/C22H24ClNO2/c23-18-10-6-9-17(15-18)22(26)13-14-24(20-12-5-4-11-19(20)22)21(25)16-7-2-1-3-8-16/h1-3,6-10,15,19-20,26H,4-5,11-14H2/t19-,20-,22?/m1/s1. The number of nitrogens with zero attached hydrogens (tertiary/aromatic N) is 1. The zero-order valence-electron chi connectivity index (χ0n) is 14.8. The number of rotatable bonds is 2. The van der Waals surface area contributed by atoms with Crippen LogP contribution in [-0.4, -0.2) is 28.5 Å². The number of halogens is 1. The molecular formula is C22H24ClNO2. The number of aliphatic hydroxyl groups is 1. The summed E-state index contributed by atoms with van der Waals surface area (Å²) < 4.78 is 0. The summed E-state index contributed by atoms with van der Waals surface area (Å²) in [6.45, 7) is 0.567. The lowest BCUT2D eigenvalue weighted by Crippen LogP contribution is -2.59. The van der Waals surface area contributed by atoms with Crippen molar-refractivity contribution >= 4 is 17.5 Å². The third kappa shape index (κ3) is 3.04. The first-order valence-corrected chi connectivity index (χ1v) is 9.82. The van der Waals surface area contributed by atoms with Crippen molar-refractivity contribution < 1.29 is 9.90 Å². The number of amides is 1. The number of carbonyl (C=O) groups excluding carboxylic acids is 1. The van der Waals surface area contributed by atoms with E-state index in [1.165, 1.54) is 0 Å². The van der Waals surface area contributed by atoms with Crippen LogP contribution in [0.5, 0.6) is 0 Å². The van der Waals surface area contributed by atoms with Gasteiger partial charge >= 0.3 is 0 Å². The quantitative estimate of drug-likeness (QED) is 0.838. The average molecular weight is 370 g/mol. The minimum Gasteiger partial charge on any atom is -0.385 e. The molecule has 136 valence electrons. The maximum absolute atomic E-state index is 13.1. The molecule has 0 bridgehead atoms. The summed E-state index contributed by atoms with van der Waals surface area (Å²) in [5.74, 6) is 0.131. The SMILES string of the molecule is O=C(c1ccccc1)N1CCC(O)(c2cccc(Cl)c2)[C@@H]2CCCC[C@H]21. The van der Waals surface area contributed by atoms with Crippen molar-refractivity contribution in [2.45, 2.75) is 43.7 Å². The fraction of sp³-hybridized carbons (Fsp3) is 0.409. The molecule has 1 saturated carbocycles. The summed E-state index contributed by atoms with van der Waals surface area (Å²) in [5, 5.41) is 12.3. The van der Waals surface area contributed by atoms with Gasteiger partial charge in [0.15, 0.2) is 0 Å². The van der Waals surface area contributed by atoms with Crippen molar-refractivity contribution in [3.63, 3.8) is 0 Å². The summed E-state index contributed by atoms with van der Waals surface area (Å²) in [7, 11) is 0. The Bertz CT molecular complexity index is 794. The van der Waals surface area contributed by atoms with Gasteiger partial charge in [-0.05, 0) is 49.1 Å². The molecule has 2 aliphatic rings. The molecule has 3 atom stereocenters. The maximum atomic E-state index is 13.1. The lowest BCUT2D eigenvalue weighted by Gasteiger charge is -2.52. The fourth-order valence-electron chi connectivity index (χ4n) is 4.80. The monoisotopic (exact) mass is 369 g/mol. The summed E-state index contributed by atoms with van der Waals surface area (Å²) in [6.07, 6.45) is 4.63. The predicted molar refractivity (Wildman–Crippen MR) is 103 cm³/mol. The molecule has 1 saturated heterocycles. The van der Waals surface area contributed by atoms with E-state index < -0.39 is 5.60 Å². The largest absolute Gasteiger partial charge is 0.385 e. The normalized spacial score (nSPS) is 28.5. The Kier molecular flexibility index (Phi) is 4.76. The smallest absolute Gasteiger partial charge is 0.254 e. The topological polar surface area (TPSA) is 40.5 Å². The number of likely N-dealkylation sites (tertiary alicyclic amines) is 1. The first-order chi connectivity index (χ1) is 12.6. The summed E-state index contributed by atoms with van der Waals surface area (Å²) in [5.41, 5.74) is 0.697. The molecule has 1 aliphatic heterocycles. The van der Waals surface area contributed by atoms with E-state index >= 15 is 0 Å². The van der Waals surface area contributed by atoms with Gasteiger partial charge in [0.05, 0.1) is 5.60 Å². The van der Waals surface area contributed by atoms with Gasteiger partial charge in [-0.2, -0.15) is 0 Å². The van der Waals surface area contributed by atoms with Crippen molar-refractivity contribution in [3.8, 4) is 0 Å². The number of hydrogen-bond donors (Lipinski definition) is 1. The Balaban J connectivity index is 1.67. The van der Waals surface area contributed by atoms with Gasteiger partial charge in [0, 0.05) is 29.1 Å². The second-order valence-electron chi connectivity index (χ2n) is 7.51. The summed E-state index contributed by atoms with van der Waals surface area (Å²) >= 11 is 6.18. The molecule has 2 aromatic carbocycles. The van der Waals surface area contributed by atoms with Crippen LogP contribution in [0.4, 0.5) is 0 Å². The van der Waals surface area contributed by atoms with Crippen LogP contribution in [0.15, 0.2) is 54.6 Å². The van der Waals surface area contributed by atoms with Gasteiger partial charge in [0.25, 0.3) is 5.91 Å². The van der Waals surface area contributed by atoms with Gasteiger partial charge in [-0.25, -0.2) is 0 Å². The highest BCUT2D eigenvalue weighted by Gasteiger charge is 2.50. The zero-order valence-corrected chi connectivity index (χ0v) is 15.5. The van der Waals surface area contributed by atoms with Crippen LogP contribution in [0.1, 0.15) is 48.0 Å². The molecule has 1 N–H and O–H groups in total. The van der Waals surface area contributed by atoms with Crippen LogP contribution < -0.4 is 0 Å². The van der Waals surface area contributed by atoms with Crippen LogP contribution in [-0.2, 0) is 5.60 Å². The van der Waals surface area contributed by atoms with Crippen molar-refractivity contribution in [2.75, 3.05) is 6.54 Å². The van der Waals surface area contributed by atoms with E-state index in [-0.39, 0.29) is 17.9 Å². The molecule has 3 nitrogen and oxygen atoms in total. The number of hydrogen-bond acceptors (Lipinski definition) is 2. The van der Waals surface area contributed by atoms with E-state index in [1.807, 2.05) is 59.5 Å². The molecule has 4 rings (SSSR count). The highest BCUT2D eigenvalue weighted by molar-refractivity contribution is 6.30. The number of benzene rings is 2. The van der Waals surface area contributed by atoms with Crippen molar-refractivity contribution in [1.82, 2.24) is 4.90 Å². The van der Waals surface area contributed by atoms with E-state index in [0.29, 0.717) is 18.0 Å². The van der Waals surface area contributed by atoms with E-state index in [1.54, 1.807) is 0 Å². The molecule has 1 heterocycles. The van der Waals surface area contributed by atoms with Gasteiger partial charge in [-0.1, -0.05) is 54.8 Å². The lowest BCUT2D eigenvalue weighted by molar-refractivity contribution is -0.110. The molecule has 2 fully saturated rings. The average Bonchev–Trinajstić information content (AvgIpc) is 2.69. The first-order valence-electron chi connectivity index (χ1n) is 9.44.